The molecular weight excluding hydrogens is 202 g/mol. The third kappa shape index (κ3) is 2.41. The van der Waals surface area contributed by atoms with E-state index in [1.54, 1.807) is 0 Å². The summed E-state index contributed by atoms with van der Waals surface area (Å²) in [5, 5.41) is 3.45. The number of aromatic nitrogens is 2. The molecule has 3 N–H and O–H groups in total. The number of nitrogens with one attached hydrogen (secondary N) is 1. The van der Waals surface area contributed by atoms with Gasteiger partial charge in [-0.05, 0) is 33.4 Å². The van der Waals surface area contributed by atoms with Crippen LogP contribution in [0.3, 0.4) is 0 Å². The molecule has 0 aliphatic carbocycles. The summed E-state index contributed by atoms with van der Waals surface area (Å²) in [7, 11) is 2.15. The minimum absolute atomic E-state index is 0.465. The van der Waals surface area contributed by atoms with Crippen molar-refractivity contribution < 1.29 is 0 Å². The van der Waals surface area contributed by atoms with Crippen LogP contribution in [0.15, 0.2) is 6.33 Å². The van der Waals surface area contributed by atoms with E-state index in [9.17, 15) is 0 Å². The molecule has 0 spiro atoms. The van der Waals surface area contributed by atoms with Crippen molar-refractivity contribution in [2.24, 2.45) is 0 Å². The lowest BCUT2D eigenvalue weighted by atomic mass is 10.1. The van der Waals surface area contributed by atoms with Gasteiger partial charge in [-0.2, -0.15) is 0 Å². The Morgan fingerprint density at radius 2 is 2.31 bits per heavy atom. The average molecular weight is 221 g/mol. The van der Waals surface area contributed by atoms with Crippen molar-refractivity contribution >= 4 is 11.6 Å². The molecule has 0 saturated carbocycles. The number of nitrogens with two attached hydrogens (primary N) is 1. The molecule has 5 heteroatoms. The van der Waals surface area contributed by atoms with Crippen LogP contribution in [0.25, 0.3) is 0 Å². The van der Waals surface area contributed by atoms with Gasteiger partial charge in [-0.15, -0.1) is 0 Å². The summed E-state index contributed by atoms with van der Waals surface area (Å²) in [4.78, 5) is 10.5. The predicted molar refractivity (Wildman–Crippen MR) is 65.3 cm³/mol. The molecule has 5 nitrogen and oxygen atoms in total. The zero-order valence-electron chi connectivity index (χ0n) is 9.90. The fraction of sp³-hybridized carbons (Fsp3) is 0.636. The van der Waals surface area contributed by atoms with E-state index in [0.717, 1.165) is 17.9 Å². The van der Waals surface area contributed by atoms with Gasteiger partial charge in [0.2, 0.25) is 0 Å². The lowest BCUT2D eigenvalue weighted by molar-refractivity contribution is 0.260. The monoisotopic (exact) mass is 221 g/mol. The first-order valence-corrected chi connectivity index (χ1v) is 5.69. The Balaban J connectivity index is 2.05. The van der Waals surface area contributed by atoms with Crippen molar-refractivity contribution in [3.63, 3.8) is 0 Å². The number of likely N-dealkylation sites (N-methyl/N-ethyl adjacent to an activating group) is 1. The SMILES string of the molecule is Cc1c(N)ncnc1NC1CCCN(C)C1. The molecule has 0 aromatic carbocycles. The summed E-state index contributed by atoms with van der Waals surface area (Å²) in [5.41, 5.74) is 6.69. The first kappa shape index (κ1) is 11.1. The quantitative estimate of drug-likeness (QED) is 0.775. The van der Waals surface area contributed by atoms with E-state index in [1.165, 1.54) is 25.7 Å². The Morgan fingerprint density at radius 3 is 3.06 bits per heavy atom. The molecule has 16 heavy (non-hydrogen) atoms. The van der Waals surface area contributed by atoms with Gasteiger partial charge < -0.3 is 16.0 Å². The topological polar surface area (TPSA) is 67.1 Å². The van der Waals surface area contributed by atoms with Crippen LogP contribution in [-0.4, -0.2) is 41.0 Å². The molecule has 88 valence electrons. The Morgan fingerprint density at radius 1 is 1.50 bits per heavy atom. The molecule has 2 rings (SSSR count). The first-order valence-electron chi connectivity index (χ1n) is 5.69. The second-order valence-corrected chi connectivity index (χ2v) is 4.48. The lowest BCUT2D eigenvalue weighted by Gasteiger charge is -2.30. The highest BCUT2D eigenvalue weighted by Gasteiger charge is 2.18. The van der Waals surface area contributed by atoms with Gasteiger partial charge in [-0.1, -0.05) is 0 Å². The van der Waals surface area contributed by atoms with Gasteiger partial charge >= 0.3 is 0 Å². The van der Waals surface area contributed by atoms with Crippen molar-refractivity contribution in [2.45, 2.75) is 25.8 Å². The van der Waals surface area contributed by atoms with Gasteiger partial charge in [0.1, 0.15) is 18.0 Å². The highest BCUT2D eigenvalue weighted by Crippen LogP contribution is 2.18. The highest BCUT2D eigenvalue weighted by molar-refractivity contribution is 5.54. The normalized spacial score (nSPS) is 22.0. The summed E-state index contributed by atoms with van der Waals surface area (Å²) >= 11 is 0. The van der Waals surface area contributed by atoms with Crippen LogP contribution in [0, 0.1) is 6.92 Å². The van der Waals surface area contributed by atoms with E-state index in [0.29, 0.717) is 11.9 Å². The van der Waals surface area contributed by atoms with Crippen molar-refractivity contribution in [1.29, 1.82) is 0 Å². The van der Waals surface area contributed by atoms with Crippen molar-refractivity contribution in [2.75, 3.05) is 31.2 Å². The molecule has 1 aliphatic heterocycles. The summed E-state index contributed by atoms with van der Waals surface area (Å²) in [6.07, 6.45) is 3.93. The zero-order chi connectivity index (χ0) is 11.5. The van der Waals surface area contributed by atoms with Crippen LogP contribution in [0.2, 0.25) is 0 Å². The molecule has 1 saturated heterocycles. The molecule has 1 atom stereocenters. The van der Waals surface area contributed by atoms with Crippen LogP contribution in [0.5, 0.6) is 0 Å². The van der Waals surface area contributed by atoms with Gasteiger partial charge in [0.05, 0.1) is 0 Å². The number of nitrogen functional groups attached to an aromatic ring is 1. The highest BCUT2D eigenvalue weighted by atomic mass is 15.2. The molecule has 0 amide bonds. The standard InChI is InChI=1S/C11H19N5/c1-8-10(12)13-7-14-11(8)15-9-4-3-5-16(2)6-9/h7,9H,3-6H2,1-2H3,(H3,12,13,14,15). The summed E-state index contributed by atoms with van der Waals surface area (Å²) in [6.45, 7) is 4.19. The molecule has 0 bridgehead atoms. The number of hydrogen-bond acceptors (Lipinski definition) is 5. The van der Waals surface area contributed by atoms with Gasteiger partial charge in [-0.25, -0.2) is 9.97 Å². The average Bonchev–Trinajstić information content (AvgIpc) is 2.25. The maximum Gasteiger partial charge on any atom is 0.134 e. The number of rotatable bonds is 2. The fourth-order valence-corrected chi connectivity index (χ4v) is 2.09. The molecular formula is C11H19N5. The van der Waals surface area contributed by atoms with Crippen molar-refractivity contribution in [1.82, 2.24) is 14.9 Å². The largest absolute Gasteiger partial charge is 0.383 e. The van der Waals surface area contributed by atoms with Crippen LogP contribution in [-0.2, 0) is 0 Å². The summed E-state index contributed by atoms with van der Waals surface area (Å²) in [5.74, 6) is 1.43. The number of nitrogens with zero attached hydrogens (tertiary/aromatic N) is 3. The van der Waals surface area contributed by atoms with Crippen molar-refractivity contribution in [3.05, 3.63) is 11.9 Å². The molecule has 0 radical (unpaired) electrons. The minimum Gasteiger partial charge on any atom is -0.383 e. The second kappa shape index (κ2) is 4.65. The van der Waals surface area contributed by atoms with Gasteiger partial charge in [0, 0.05) is 18.2 Å². The third-order valence-electron chi connectivity index (χ3n) is 3.09. The van der Waals surface area contributed by atoms with Gasteiger partial charge in [0.25, 0.3) is 0 Å². The Bertz CT molecular complexity index is 365. The number of likely N-dealkylation sites (tertiary alicyclic amines) is 1. The van der Waals surface area contributed by atoms with Gasteiger partial charge in [0.15, 0.2) is 0 Å². The Hall–Kier alpha value is -1.36. The third-order valence-corrected chi connectivity index (χ3v) is 3.09. The molecule has 1 aromatic heterocycles. The smallest absolute Gasteiger partial charge is 0.134 e. The molecule has 1 aliphatic rings. The zero-order valence-corrected chi connectivity index (χ0v) is 9.90. The van der Waals surface area contributed by atoms with E-state index in [1.807, 2.05) is 6.92 Å². The number of piperidine rings is 1. The summed E-state index contributed by atoms with van der Waals surface area (Å²) in [6, 6.07) is 0.465. The Labute approximate surface area is 96.1 Å². The maximum atomic E-state index is 5.75. The van der Waals surface area contributed by atoms with Gasteiger partial charge in [-0.3, -0.25) is 0 Å². The lowest BCUT2D eigenvalue weighted by Crippen LogP contribution is -2.40. The van der Waals surface area contributed by atoms with E-state index >= 15 is 0 Å². The van der Waals surface area contributed by atoms with Crippen LogP contribution >= 0.6 is 0 Å². The maximum absolute atomic E-state index is 5.75. The number of hydrogen-bond donors (Lipinski definition) is 2. The van der Waals surface area contributed by atoms with E-state index in [4.69, 9.17) is 5.73 Å². The minimum atomic E-state index is 0.465. The van der Waals surface area contributed by atoms with E-state index in [2.05, 4.69) is 27.2 Å². The van der Waals surface area contributed by atoms with E-state index in [-0.39, 0.29) is 0 Å². The molecule has 2 heterocycles. The Kier molecular flexibility index (Phi) is 3.24. The number of anilines is 2. The predicted octanol–water partition coefficient (Wildman–Crippen LogP) is 0.873. The van der Waals surface area contributed by atoms with Crippen molar-refractivity contribution in [3.8, 4) is 0 Å². The van der Waals surface area contributed by atoms with Crippen LogP contribution in [0.4, 0.5) is 11.6 Å². The van der Waals surface area contributed by atoms with Crippen LogP contribution < -0.4 is 11.1 Å². The summed E-state index contributed by atoms with van der Waals surface area (Å²) < 4.78 is 0. The second-order valence-electron chi connectivity index (χ2n) is 4.48. The molecule has 1 aromatic rings. The first-order chi connectivity index (χ1) is 7.66. The molecule has 1 fully saturated rings. The molecule has 1 unspecified atom stereocenters. The van der Waals surface area contributed by atoms with Crippen LogP contribution in [0.1, 0.15) is 18.4 Å². The van der Waals surface area contributed by atoms with E-state index < -0.39 is 0 Å². The fourth-order valence-electron chi connectivity index (χ4n) is 2.09.